The molecule has 1 aromatic heterocycles. The summed E-state index contributed by atoms with van der Waals surface area (Å²) in [7, 11) is 0. The lowest BCUT2D eigenvalue weighted by atomic mass is 10.2. The predicted octanol–water partition coefficient (Wildman–Crippen LogP) is 2.28. The van der Waals surface area contributed by atoms with E-state index in [-0.39, 0.29) is 28.3 Å². The van der Waals surface area contributed by atoms with E-state index >= 15 is 0 Å². The number of morpholine rings is 1. The zero-order valence-corrected chi connectivity index (χ0v) is 22.8. The van der Waals surface area contributed by atoms with Crippen molar-refractivity contribution in [2.45, 2.75) is 0 Å². The van der Waals surface area contributed by atoms with Gasteiger partial charge in [-0.15, -0.1) is 11.3 Å². The van der Waals surface area contributed by atoms with Crippen LogP contribution in [0.5, 0.6) is 5.75 Å². The highest BCUT2D eigenvalue weighted by molar-refractivity contribution is 7.07. The first-order valence-electron chi connectivity index (χ1n) is 12.9. The molecule has 3 aromatic carbocycles. The number of hydrogen-bond donors (Lipinski definition) is 1. The second-order valence-electron chi connectivity index (χ2n) is 9.02. The van der Waals surface area contributed by atoms with Crippen molar-refractivity contribution in [1.29, 1.82) is 5.26 Å². The Morgan fingerprint density at radius 3 is 2.34 bits per heavy atom. The number of nitriles is 1. The van der Waals surface area contributed by atoms with Crippen LogP contribution in [-0.4, -0.2) is 54.2 Å². The van der Waals surface area contributed by atoms with Crippen LogP contribution < -0.4 is 24.8 Å². The van der Waals surface area contributed by atoms with E-state index < -0.39 is 5.91 Å². The highest BCUT2D eigenvalue weighted by Crippen LogP contribution is 2.19. The van der Waals surface area contributed by atoms with Gasteiger partial charge in [0.15, 0.2) is 12.2 Å². The number of carbonyl (C=O) groups is 2. The van der Waals surface area contributed by atoms with Crippen molar-refractivity contribution in [3.63, 3.8) is 0 Å². The highest BCUT2D eigenvalue weighted by atomic mass is 32.1. The monoisotopic (exact) mass is 566 g/mol. The molecule has 9 nitrogen and oxygen atoms in total. The predicted molar refractivity (Wildman–Crippen MR) is 156 cm³/mol. The van der Waals surface area contributed by atoms with Crippen LogP contribution in [0.15, 0.2) is 89.7 Å². The van der Waals surface area contributed by atoms with E-state index in [4.69, 9.17) is 9.47 Å². The average molecular weight is 567 g/mol. The van der Waals surface area contributed by atoms with Gasteiger partial charge in [-0.2, -0.15) is 5.26 Å². The lowest BCUT2D eigenvalue weighted by Gasteiger charge is -2.26. The number of aromatic nitrogens is 1. The largest absolute Gasteiger partial charge is 0.483 e. The summed E-state index contributed by atoms with van der Waals surface area (Å²) in [5.41, 5.74) is 1.27. The zero-order valence-electron chi connectivity index (χ0n) is 22.0. The zero-order chi connectivity index (χ0) is 28.6. The molecule has 5 rings (SSSR count). The van der Waals surface area contributed by atoms with Crippen LogP contribution in [0.25, 0.3) is 17.3 Å². The summed E-state index contributed by atoms with van der Waals surface area (Å²) in [5.74, 6) is -0.364. The summed E-state index contributed by atoms with van der Waals surface area (Å²) in [6.07, 6.45) is 1.65. The fraction of sp³-hybridized carbons (Fsp3) is 0.161. The highest BCUT2D eigenvalue weighted by Gasteiger charge is 2.24. The molecule has 2 amide bonds. The number of hydrogen-bond acceptors (Lipinski definition) is 7. The van der Waals surface area contributed by atoms with Crippen LogP contribution in [0.4, 0.5) is 5.69 Å². The Balaban J connectivity index is 1.55. The summed E-state index contributed by atoms with van der Waals surface area (Å²) in [6.45, 7) is 1.28. The van der Waals surface area contributed by atoms with Gasteiger partial charge in [-0.3, -0.25) is 19.0 Å². The molecule has 1 aliphatic heterocycles. The van der Waals surface area contributed by atoms with Gasteiger partial charge in [-0.25, -0.2) is 0 Å². The molecular weight excluding hydrogens is 540 g/mol. The number of anilines is 1. The van der Waals surface area contributed by atoms with E-state index in [0.717, 1.165) is 11.3 Å². The smallest absolute Gasteiger partial charge is 0.273 e. The Morgan fingerprint density at radius 2 is 1.63 bits per heavy atom. The SMILES string of the molecule is N#C/C(C(=O)N1CCOCC1)=c1/s/c(=C/c2ccccc2OCC(=O)Nc2ccccc2)c(=O)n1-c1ccccc1. The maximum atomic E-state index is 13.8. The summed E-state index contributed by atoms with van der Waals surface area (Å²) in [6, 6.07) is 27.0. The Labute approximate surface area is 239 Å². The molecule has 0 unspecified atom stereocenters. The maximum absolute atomic E-state index is 13.8. The molecule has 10 heteroatoms. The normalized spacial score (nSPS) is 14.2. The first-order chi connectivity index (χ1) is 20.0. The molecule has 1 fully saturated rings. The third kappa shape index (κ3) is 6.44. The van der Waals surface area contributed by atoms with Gasteiger partial charge in [0.2, 0.25) is 0 Å². The number of amides is 2. The van der Waals surface area contributed by atoms with E-state index in [0.29, 0.717) is 53.5 Å². The second kappa shape index (κ2) is 12.9. The molecule has 0 atom stereocenters. The lowest BCUT2D eigenvalue weighted by Crippen LogP contribution is -2.42. The Kier molecular flexibility index (Phi) is 8.69. The minimum absolute atomic E-state index is 0.111. The number of nitrogens with one attached hydrogen (secondary N) is 1. The number of ether oxygens (including phenoxy) is 2. The van der Waals surface area contributed by atoms with Crippen LogP contribution in [0.3, 0.4) is 0 Å². The molecule has 1 saturated heterocycles. The van der Waals surface area contributed by atoms with Crippen molar-refractivity contribution >= 4 is 40.5 Å². The molecule has 4 aromatic rings. The first-order valence-corrected chi connectivity index (χ1v) is 13.7. The quantitative estimate of drug-likeness (QED) is 0.367. The molecule has 0 bridgehead atoms. The van der Waals surface area contributed by atoms with Crippen LogP contribution in [0.2, 0.25) is 0 Å². The molecule has 206 valence electrons. The van der Waals surface area contributed by atoms with Gasteiger partial charge >= 0.3 is 0 Å². The van der Waals surface area contributed by atoms with Gasteiger partial charge in [-0.1, -0.05) is 54.6 Å². The average Bonchev–Trinajstić information content (AvgIpc) is 3.33. The van der Waals surface area contributed by atoms with E-state index in [1.165, 1.54) is 4.57 Å². The number of para-hydroxylation sites is 3. The summed E-state index contributed by atoms with van der Waals surface area (Å²) in [5, 5.41) is 12.8. The van der Waals surface area contributed by atoms with E-state index in [1.54, 1.807) is 71.6 Å². The molecule has 0 saturated carbocycles. The number of carbonyl (C=O) groups excluding carboxylic acids is 2. The van der Waals surface area contributed by atoms with Crippen molar-refractivity contribution in [2.75, 3.05) is 38.2 Å². The standard InChI is InChI=1S/C31H26N4O5S/c32-20-25(29(37)34-15-17-39-18-16-34)31-35(24-12-5-2-6-13-24)30(38)27(41-31)19-22-9-7-8-14-26(22)40-21-28(36)33-23-10-3-1-4-11-23/h1-14,19H,15-18,21H2,(H,33,36)/b27-19+,31-25-. The molecule has 0 spiro atoms. The molecule has 41 heavy (non-hydrogen) atoms. The van der Waals surface area contributed by atoms with Crippen LogP contribution in [0, 0.1) is 11.3 Å². The van der Waals surface area contributed by atoms with Crippen LogP contribution >= 0.6 is 11.3 Å². The summed E-state index contributed by atoms with van der Waals surface area (Å²) < 4.78 is 13.1. The number of benzene rings is 3. The van der Waals surface area contributed by atoms with Crippen LogP contribution in [0.1, 0.15) is 5.56 Å². The van der Waals surface area contributed by atoms with E-state index in [9.17, 15) is 19.6 Å². The minimum atomic E-state index is -0.443. The summed E-state index contributed by atoms with van der Waals surface area (Å²) >= 11 is 1.06. The fourth-order valence-corrected chi connectivity index (χ4v) is 5.39. The topological polar surface area (TPSA) is 114 Å². The van der Waals surface area contributed by atoms with Gasteiger partial charge < -0.3 is 19.7 Å². The Morgan fingerprint density at radius 1 is 0.976 bits per heavy atom. The van der Waals surface area contributed by atoms with E-state index in [1.807, 2.05) is 30.3 Å². The molecular formula is C31H26N4O5S. The number of nitrogens with zero attached hydrogens (tertiary/aromatic N) is 3. The molecule has 1 aliphatic rings. The minimum Gasteiger partial charge on any atom is -0.483 e. The fourth-order valence-electron chi connectivity index (χ4n) is 4.31. The van der Waals surface area contributed by atoms with Crippen molar-refractivity contribution in [3.8, 4) is 17.5 Å². The molecule has 0 radical (unpaired) electrons. The van der Waals surface area contributed by atoms with Gasteiger partial charge in [0, 0.05) is 24.3 Å². The van der Waals surface area contributed by atoms with Gasteiger partial charge in [0.25, 0.3) is 17.4 Å². The number of rotatable bonds is 7. The maximum Gasteiger partial charge on any atom is 0.273 e. The Hall–Kier alpha value is -4.98. The van der Waals surface area contributed by atoms with Gasteiger partial charge in [0.1, 0.15) is 16.5 Å². The second-order valence-corrected chi connectivity index (χ2v) is 10.1. The lowest BCUT2D eigenvalue weighted by molar-refractivity contribution is -0.128. The first kappa shape index (κ1) is 27.6. The Bertz CT molecular complexity index is 1770. The molecule has 0 aliphatic carbocycles. The third-order valence-corrected chi connectivity index (χ3v) is 7.39. The van der Waals surface area contributed by atoms with Gasteiger partial charge in [-0.05, 0) is 36.4 Å². The van der Waals surface area contributed by atoms with Crippen molar-refractivity contribution in [3.05, 3.63) is 110 Å². The summed E-state index contributed by atoms with van der Waals surface area (Å²) in [4.78, 5) is 41.1. The van der Waals surface area contributed by atoms with Crippen LogP contribution in [-0.2, 0) is 14.3 Å². The molecule has 1 N–H and O–H groups in total. The van der Waals surface area contributed by atoms with Crippen molar-refractivity contribution in [1.82, 2.24) is 9.47 Å². The number of thiazole rings is 1. The van der Waals surface area contributed by atoms with Crippen molar-refractivity contribution in [2.24, 2.45) is 0 Å². The third-order valence-electron chi connectivity index (χ3n) is 6.30. The van der Waals surface area contributed by atoms with Crippen molar-refractivity contribution < 1.29 is 19.1 Å². The van der Waals surface area contributed by atoms with E-state index in [2.05, 4.69) is 5.32 Å². The van der Waals surface area contributed by atoms with Gasteiger partial charge in [0.05, 0.1) is 23.4 Å². The molecule has 2 heterocycles.